The minimum absolute atomic E-state index is 0.912. The molecule has 0 spiro atoms. The highest BCUT2D eigenvalue weighted by Crippen LogP contribution is 2.31. The van der Waals surface area contributed by atoms with Gasteiger partial charge in [-0.25, -0.2) is 0 Å². The molecule has 1 aliphatic rings. The van der Waals surface area contributed by atoms with Crippen molar-refractivity contribution in [2.75, 3.05) is 19.6 Å². The summed E-state index contributed by atoms with van der Waals surface area (Å²) in [7, 11) is 0. The Balaban J connectivity index is 1.51. The SMILES string of the molecule is C=C/C(=C\C(=C/C)c1ccc2[nH]nc(-c3cc4ncccc4[nH]3)c2c1)CN1CCCC1. The summed E-state index contributed by atoms with van der Waals surface area (Å²) in [6, 6.07) is 12.5. The summed E-state index contributed by atoms with van der Waals surface area (Å²) in [5, 5.41) is 8.85. The predicted octanol–water partition coefficient (Wildman–Crippen LogP) is 5.72. The molecule has 2 N–H and O–H groups in total. The number of rotatable bonds is 6. The first-order valence-electron chi connectivity index (χ1n) is 10.9. The van der Waals surface area contributed by atoms with E-state index in [9.17, 15) is 0 Å². The molecule has 5 rings (SSSR count). The monoisotopic (exact) mass is 409 g/mol. The smallest absolute Gasteiger partial charge is 0.116 e. The molecular formula is C26H27N5. The van der Waals surface area contributed by atoms with Gasteiger partial charge in [-0.15, -0.1) is 0 Å². The highest BCUT2D eigenvalue weighted by molar-refractivity contribution is 5.97. The third-order valence-corrected chi connectivity index (χ3v) is 6.06. The molecule has 0 aliphatic carbocycles. The first-order valence-corrected chi connectivity index (χ1v) is 10.9. The van der Waals surface area contributed by atoms with Gasteiger partial charge in [-0.3, -0.25) is 15.0 Å². The molecule has 0 amide bonds. The number of allylic oxidation sites excluding steroid dienone is 3. The lowest BCUT2D eigenvalue weighted by atomic mass is 10.00. The van der Waals surface area contributed by atoms with Gasteiger partial charge in [-0.2, -0.15) is 5.10 Å². The molecule has 5 heteroatoms. The highest BCUT2D eigenvalue weighted by Gasteiger charge is 2.14. The predicted molar refractivity (Wildman–Crippen MR) is 129 cm³/mol. The minimum Gasteiger partial charge on any atom is -0.352 e. The van der Waals surface area contributed by atoms with Gasteiger partial charge in [0.25, 0.3) is 0 Å². The number of aromatic nitrogens is 4. The molecule has 1 aromatic carbocycles. The topological polar surface area (TPSA) is 60.6 Å². The van der Waals surface area contributed by atoms with Gasteiger partial charge in [0.15, 0.2) is 0 Å². The number of hydrogen-bond donors (Lipinski definition) is 2. The second kappa shape index (κ2) is 8.36. The van der Waals surface area contributed by atoms with Crippen molar-refractivity contribution in [3.63, 3.8) is 0 Å². The third-order valence-electron chi connectivity index (χ3n) is 6.06. The van der Waals surface area contributed by atoms with Crippen molar-refractivity contribution in [1.82, 2.24) is 25.1 Å². The van der Waals surface area contributed by atoms with Gasteiger partial charge >= 0.3 is 0 Å². The van der Waals surface area contributed by atoms with E-state index in [2.05, 4.69) is 75.0 Å². The van der Waals surface area contributed by atoms with E-state index in [1.807, 2.05) is 24.4 Å². The maximum Gasteiger partial charge on any atom is 0.116 e. The number of fused-ring (bicyclic) bond motifs is 2. The molecule has 1 fully saturated rings. The fraction of sp³-hybridized carbons (Fsp3) is 0.231. The van der Waals surface area contributed by atoms with Crippen molar-refractivity contribution < 1.29 is 0 Å². The molecule has 0 saturated carbocycles. The zero-order valence-electron chi connectivity index (χ0n) is 17.9. The number of pyridine rings is 1. The molecule has 3 aromatic heterocycles. The van der Waals surface area contributed by atoms with Crippen LogP contribution in [-0.2, 0) is 0 Å². The van der Waals surface area contributed by atoms with E-state index in [1.165, 1.54) is 42.6 Å². The fourth-order valence-corrected chi connectivity index (χ4v) is 4.38. The zero-order valence-corrected chi connectivity index (χ0v) is 17.9. The van der Waals surface area contributed by atoms with E-state index in [0.29, 0.717) is 0 Å². The van der Waals surface area contributed by atoms with E-state index in [0.717, 1.165) is 39.9 Å². The lowest BCUT2D eigenvalue weighted by Gasteiger charge is -2.15. The maximum atomic E-state index is 4.59. The Morgan fingerprint density at radius 1 is 1.16 bits per heavy atom. The van der Waals surface area contributed by atoms with Gasteiger partial charge in [0.2, 0.25) is 0 Å². The van der Waals surface area contributed by atoms with Crippen LogP contribution in [-0.4, -0.2) is 44.7 Å². The van der Waals surface area contributed by atoms with Crippen LogP contribution in [0.15, 0.2) is 73.0 Å². The van der Waals surface area contributed by atoms with Crippen molar-refractivity contribution in [3.05, 3.63) is 78.5 Å². The normalized spacial score (nSPS) is 15.9. The van der Waals surface area contributed by atoms with Gasteiger partial charge in [0.1, 0.15) is 5.69 Å². The van der Waals surface area contributed by atoms with Crippen LogP contribution in [0.25, 0.3) is 38.9 Å². The second-order valence-corrected chi connectivity index (χ2v) is 8.10. The Bertz CT molecular complexity index is 1260. The molecule has 0 atom stereocenters. The third kappa shape index (κ3) is 3.84. The fourth-order valence-electron chi connectivity index (χ4n) is 4.38. The molecule has 4 aromatic rings. The van der Waals surface area contributed by atoms with Crippen LogP contribution in [0.1, 0.15) is 25.3 Å². The van der Waals surface area contributed by atoms with Crippen LogP contribution in [0, 0.1) is 0 Å². The number of H-pyrrole nitrogens is 2. The summed E-state index contributed by atoms with van der Waals surface area (Å²) < 4.78 is 0. The van der Waals surface area contributed by atoms with Crippen molar-refractivity contribution in [3.8, 4) is 11.4 Å². The summed E-state index contributed by atoms with van der Waals surface area (Å²) in [5.41, 5.74) is 8.48. The minimum atomic E-state index is 0.912. The molecule has 1 saturated heterocycles. The highest BCUT2D eigenvalue weighted by atomic mass is 15.1. The largest absolute Gasteiger partial charge is 0.352 e. The van der Waals surface area contributed by atoms with Crippen LogP contribution in [0.2, 0.25) is 0 Å². The van der Waals surface area contributed by atoms with Gasteiger partial charge in [0.05, 0.1) is 22.2 Å². The van der Waals surface area contributed by atoms with E-state index < -0.39 is 0 Å². The van der Waals surface area contributed by atoms with E-state index in [-0.39, 0.29) is 0 Å². The summed E-state index contributed by atoms with van der Waals surface area (Å²) >= 11 is 0. The van der Waals surface area contributed by atoms with Crippen LogP contribution >= 0.6 is 0 Å². The Kier molecular flexibility index (Phi) is 5.26. The van der Waals surface area contributed by atoms with Crippen LogP contribution < -0.4 is 0 Å². The summed E-state index contributed by atoms with van der Waals surface area (Å²) in [4.78, 5) is 10.4. The Morgan fingerprint density at radius 2 is 2.03 bits per heavy atom. The Hall–Kier alpha value is -3.44. The van der Waals surface area contributed by atoms with Gasteiger partial charge in [-0.05, 0) is 79.9 Å². The number of aromatic amines is 2. The summed E-state index contributed by atoms with van der Waals surface area (Å²) in [5.74, 6) is 0. The van der Waals surface area contributed by atoms with Gasteiger partial charge in [-0.1, -0.05) is 30.9 Å². The maximum absolute atomic E-state index is 4.59. The lowest BCUT2D eigenvalue weighted by Crippen LogP contribution is -2.21. The molecule has 0 bridgehead atoms. The number of nitrogens with zero attached hydrogens (tertiary/aromatic N) is 3. The van der Waals surface area contributed by atoms with E-state index in [1.54, 1.807) is 0 Å². The lowest BCUT2D eigenvalue weighted by molar-refractivity contribution is 0.371. The van der Waals surface area contributed by atoms with Gasteiger partial charge in [0, 0.05) is 18.1 Å². The molecule has 4 heterocycles. The van der Waals surface area contributed by atoms with Crippen molar-refractivity contribution in [2.45, 2.75) is 19.8 Å². The molecule has 0 radical (unpaired) electrons. The Labute approximate surface area is 182 Å². The van der Waals surface area contributed by atoms with Crippen LogP contribution in [0.4, 0.5) is 0 Å². The quantitative estimate of drug-likeness (QED) is 0.401. The first kappa shape index (κ1) is 19.5. The number of nitrogens with one attached hydrogen (secondary N) is 2. The van der Waals surface area contributed by atoms with E-state index in [4.69, 9.17) is 0 Å². The Morgan fingerprint density at radius 3 is 2.81 bits per heavy atom. The van der Waals surface area contributed by atoms with Crippen LogP contribution in [0.3, 0.4) is 0 Å². The van der Waals surface area contributed by atoms with Crippen molar-refractivity contribution in [2.24, 2.45) is 0 Å². The van der Waals surface area contributed by atoms with Crippen LogP contribution in [0.5, 0.6) is 0 Å². The first-order chi connectivity index (χ1) is 15.2. The zero-order chi connectivity index (χ0) is 21.2. The molecular weight excluding hydrogens is 382 g/mol. The number of hydrogen-bond acceptors (Lipinski definition) is 3. The van der Waals surface area contributed by atoms with Crippen molar-refractivity contribution >= 4 is 27.5 Å². The van der Waals surface area contributed by atoms with Gasteiger partial charge < -0.3 is 4.98 Å². The standard InChI is InChI=1S/C26H27N5/c1-3-18(17-31-12-5-6-13-31)14-19(4-2)20-9-10-22-21(15-20)26(30-29-22)25-16-24-23(28-25)8-7-11-27-24/h3-4,7-11,14-16,28H,1,5-6,12-13,17H2,2H3,(H,29,30)/b18-14+,19-4+. The molecule has 156 valence electrons. The number of likely N-dealkylation sites (tertiary alicyclic amines) is 1. The average Bonchev–Trinajstić information content (AvgIpc) is 3.55. The molecule has 5 nitrogen and oxygen atoms in total. The summed E-state index contributed by atoms with van der Waals surface area (Å²) in [6.07, 6.45) is 10.8. The molecule has 31 heavy (non-hydrogen) atoms. The summed E-state index contributed by atoms with van der Waals surface area (Å²) in [6.45, 7) is 9.46. The number of benzene rings is 1. The molecule has 0 unspecified atom stereocenters. The average molecular weight is 410 g/mol. The second-order valence-electron chi connectivity index (χ2n) is 8.10. The van der Waals surface area contributed by atoms with E-state index >= 15 is 0 Å². The molecule has 1 aliphatic heterocycles. The van der Waals surface area contributed by atoms with Crippen molar-refractivity contribution in [1.29, 1.82) is 0 Å².